The Morgan fingerprint density at radius 3 is 2.47 bits per heavy atom. The Kier molecular flexibility index (Phi) is 2.64. The summed E-state index contributed by atoms with van der Waals surface area (Å²) in [6, 6.07) is 1.01. The van der Waals surface area contributed by atoms with Crippen molar-refractivity contribution in [3.05, 3.63) is 18.0 Å². The summed E-state index contributed by atoms with van der Waals surface area (Å²) in [5.41, 5.74) is 4.45. The number of halogens is 3. The predicted octanol–water partition coefficient (Wildman–Crippen LogP) is -0.501. The average molecular weight is 223 g/mol. The Morgan fingerprint density at radius 1 is 1.47 bits per heavy atom. The number of hydrogen-bond donors (Lipinski definition) is 1. The standard InChI is InChI=1S/C6H4F3N3O3/c7-6(8,9)5(14)15-12-2-1-3(11-12)4(10)13/h1-2H,(H2,10,13). The van der Waals surface area contributed by atoms with Crippen molar-refractivity contribution in [2.75, 3.05) is 0 Å². The van der Waals surface area contributed by atoms with Gasteiger partial charge >= 0.3 is 12.1 Å². The maximum Gasteiger partial charge on any atom is 0.493 e. The maximum atomic E-state index is 11.7. The number of carbonyl (C=O) groups is 2. The monoisotopic (exact) mass is 223 g/mol. The summed E-state index contributed by atoms with van der Waals surface area (Å²) in [5.74, 6) is -3.39. The van der Waals surface area contributed by atoms with Crippen LogP contribution in [0, 0.1) is 0 Å². The third kappa shape index (κ3) is 2.69. The molecule has 0 saturated carbocycles. The fourth-order valence-electron chi connectivity index (χ4n) is 0.626. The van der Waals surface area contributed by atoms with Crippen molar-refractivity contribution < 1.29 is 27.6 Å². The van der Waals surface area contributed by atoms with Gasteiger partial charge < -0.3 is 10.6 Å². The third-order valence-corrected chi connectivity index (χ3v) is 1.23. The van der Waals surface area contributed by atoms with Gasteiger partial charge in [0.2, 0.25) is 0 Å². The molecular weight excluding hydrogens is 219 g/mol. The largest absolute Gasteiger partial charge is 0.493 e. The highest BCUT2D eigenvalue weighted by atomic mass is 19.4. The molecule has 0 bridgehead atoms. The number of aromatic nitrogens is 2. The average Bonchev–Trinajstić information content (AvgIpc) is 2.50. The molecule has 0 radical (unpaired) electrons. The summed E-state index contributed by atoms with van der Waals surface area (Å²) < 4.78 is 35.1. The second-order valence-corrected chi connectivity index (χ2v) is 2.34. The van der Waals surface area contributed by atoms with Crippen LogP contribution in [0.3, 0.4) is 0 Å². The van der Waals surface area contributed by atoms with Crippen LogP contribution in [0.2, 0.25) is 0 Å². The molecule has 1 amide bonds. The SMILES string of the molecule is NC(=O)c1ccn(OC(=O)C(F)(F)F)n1. The van der Waals surface area contributed by atoms with E-state index in [1.54, 1.807) is 0 Å². The molecule has 1 aromatic rings. The first-order valence-electron chi connectivity index (χ1n) is 3.45. The lowest BCUT2D eigenvalue weighted by atomic mass is 10.4. The normalized spacial score (nSPS) is 11.1. The molecule has 0 unspecified atom stereocenters. The van der Waals surface area contributed by atoms with Gasteiger partial charge in [0.1, 0.15) is 0 Å². The van der Waals surface area contributed by atoms with E-state index < -0.39 is 18.1 Å². The third-order valence-electron chi connectivity index (χ3n) is 1.23. The van der Waals surface area contributed by atoms with E-state index in [0.717, 1.165) is 12.3 Å². The number of nitrogens with two attached hydrogens (primary N) is 1. The number of carbonyl (C=O) groups excluding carboxylic acids is 2. The molecule has 0 aromatic carbocycles. The van der Waals surface area contributed by atoms with Crippen LogP contribution in [-0.4, -0.2) is 28.0 Å². The second kappa shape index (κ2) is 3.59. The topological polar surface area (TPSA) is 87.2 Å². The van der Waals surface area contributed by atoms with E-state index in [0.29, 0.717) is 0 Å². The molecule has 1 heterocycles. The summed E-state index contributed by atoms with van der Waals surface area (Å²) in [6.07, 6.45) is -4.28. The van der Waals surface area contributed by atoms with Gasteiger partial charge in [-0.3, -0.25) is 4.79 Å². The zero-order valence-corrected chi connectivity index (χ0v) is 6.99. The molecule has 0 fully saturated rings. The number of amides is 1. The molecule has 15 heavy (non-hydrogen) atoms. The van der Waals surface area contributed by atoms with Gasteiger partial charge in [-0.05, 0) is 6.07 Å². The van der Waals surface area contributed by atoms with Crippen LogP contribution in [0.1, 0.15) is 10.5 Å². The zero-order valence-electron chi connectivity index (χ0n) is 6.99. The van der Waals surface area contributed by atoms with Gasteiger partial charge in [0.15, 0.2) is 5.69 Å². The first kappa shape index (κ1) is 11.0. The van der Waals surface area contributed by atoms with Gasteiger partial charge in [0, 0.05) is 0 Å². The highest BCUT2D eigenvalue weighted by Crippen LogP contribution is 2.14. The quantitative estimate of drug-likeness (QED) is 0.732. The van der Waals surface area contributed by atoms with E-state index >= 15 is 0 Å². The highest BCUT2D eigenvalue weighted by Gasteiger charge is 2.42. The Bertz CT molecular complexity index is 398. The molecule has 1 rings (SSSR count). The Balaban J connectivity index is 2.74. The summed E-state index contributed by atoms with van der Waals surface area (Å²) >= 11 is 0. The zero-order chi connectivity index (χ0) is 11.6. The molecule has 9 heteroatoms. The first-order chi connectivity index (χ1) is 6.80. The van der Waals surface area contributed by atoms with Crippen LogP contribution in [0.15, 0.2) is 12.3 Å². The minimum atomic E-state index is -5.13. The molecule has 0 saturated heterocycles. The molecule has 82 valence electrons. The van der Waals surface area contributed by atoms with Crippen molar-refractivity contribution in [1.82, 2.24) is 9.94 Å². The van der Waals surface area contributed by atoms with E-state index in [1.165, 1.54) is 0 Å². The minimum Gasteiger partial charge on any atom is -0.364 e. The second-order valence-electron chi connectivity index (χ2n) is 2.34. The smallest absolute Gasteiger partial charge is 0.364 e. The molecule has 6 nitrogen and oxygen atoms in total. The van der Waals surface area contributed by atoms with E-state index in [4.69, 9.17) is 5.73 Å². The van der Waals surface area contributed by atoms with Gasteiger partial charge in [0.05, 0.1) is 6.20 Å². The van der Waals surface area contributed by atoms with Gasteiger partial charge in [0.25, 0.3) is 5.91 Å². The summed E-state index contributed by atoms with van der Waals surface area (Å²) in [6.45, 7) is 0. The van der Waals surface area contributed by atoms with Gasteiger partial charge in [-0.2, -0.15) is 13.2 Å². The molecule has 2 N–H and O–H groups in total. The fourth-order valence-corrected chi connectivity index (χ4v) is 0.626. The lowest BCUT2D eigenvalue weighted by Gasteiger charge is -2.04. The Labute approximate surface area is 80.4 Å². The van der Waals surface area contributed by atoms with Crippen molar-refractivity contribution in [3.63, 3.8) is 0 Å². The lowest BCUT2D eigenvalue weighted by molar-refractivity contribution is -0.201. The highest BCUT2D eigenvalue weighted by molar-refractivity contribution is 5.90. The molecule has 0 atom stereocenters. The van der Waals surface area contributed by atoms with Crippen LogP contribution < -0.4 is 10.6 Å². The molecule has 1 aromatic heterocycles. The summed E-state index contributed by atoms with van der Waals surface area (Å²) in [4.78, 5) is 24.7. The van der Waals surface area contributed by atoms with Crippen molar-refractivity contribution in [2.45, 2.75) is 6.18 Å². The predicted molar refractivity (Wildman–Crippen MR) is 38.4 cm³/mol. The first-order valence-corrected chi connectivity index (χ1v) is 3.45. The minimum absolute atomic E-state index is 0.204. The van der Waals surface area contributed by atoms with E-state index in [-0.39, 0.29) is 10.5 Å². The Morgan fingerprint density at radius 2 is 2.07 bits per heavy atom. The molecule has 0 aliphatic carbocycles. The molecule has 0 aliphatic rings. The van der Waals surface area contributed by atoms with Gasteiger partial charge in [-0.1, -0.05) is 4.85 Å². The van der Waals surface area contributed by atoms with E-state index in [2.05, 4.69) is 9.94 Å². The fraction of sp³-hybridized carbons (Fsp3) is 0.167. The van der Waals surface area contributed by atoms with Crippen molar-refractivity contribution in [1.29, 1.82) is 0 Å². The number of nitrogens with zero attached hydrogens (tertiary/aromatic N) is 2. The Hall–Kier alpha value is -2.06. The van der Waals surface area contributed by atoms with Crippen molar-refractivity contribution in [2.24, 2.45) is 5.73 Å². The van der Waals surface area contributed by atoms with Crippen LogP contribution in [0.5, 0.6) is 0 Å². The van der Waals surface area contributed by atoms with Crippen LogP contribution in [0.25, 0.3) is 0 Å². The number of alkyl halides is 3. The number of rotatable bonds is 2. The summed E-state index contributed by atoms with van der Waals surface area (Å²) in [7, 11) is 0. The lowest BCUT2D eigenvalue weighted by Crippen LogP contribution is -2.33. The summed E-state index contributed by atoms with van der Waals surface area (Å²) in [5, 5.41) is 3.16. The van der Waals surface area contributed by atoms with Crippen LogP contribution >= 0.6 is 0 Å². The van der Waals surface area contributed by atoms with E-state index in [1.807, 2.05) is 0 Å². The molecule has 0 spiro atoms. The van der Waals surface area contributed by atoms with Gasteiger partial charge in [-0.15, -0.1) is 5.10 Å². The molecular formula is C6H4F3N3O3. The number of primary amides is 1. The number of hydrogen-bond acceptors (Lipinski definition) is 4. The molecule has 0 aliphatic heterocycles. The van der Waals surface area contributed by atoms with Crippen LogP contribution in [0.4, 0.5) is 13.2 Å². The maximum absolute atomic E-state index is 11.7. The van der Waals surface area contributed by atoms with Gasteiger partial charge in [-0.25, -0.2) is 4.79 Å². The van der Waals surface area contributed by atoms with Crippen LogP contribution in [-0.2, 0) is 4.79 Å². The van der Waals surface area contributed by atoms with Crippen molar-refractivity contribution in [3.8, 4) is 0 Å². The van der Waals surface area contributed by atoms with E-state index in [9.17, 15) is 22.8 Å². The van der Waals surface area contributed by atoms with Crippen molar-refractivity contribution >= 4 is 11.9 Å².